The molecule has 0 saturated carbocycles. The third kappa shape index (κ3) is 2.23. The second kappa shape index (κ2) is 4.41. The van der Waals surface area contributed by atoms with Crippen LogP contribution in [0, 0.1) is 0 Å². The molecule has 3 aromatic rings. The molecule has 2 heterocycles. The molecule has 0 saturated heterocycles. The molecule has 0 aliphatic rings. The Bertz CT molecular complexity index is 790. The zero-order valence-corrected chi connectivity index (χ0v) is 9.71. The second-order valence-corrected chi connectivity index (χ2v) is 3.89. The van der Waals surface area contributed by atoms with Gasteiger partial charge < -0.3 is 9.73 Å². The SMILES string of the molecule is O=C(Nc1ccc2[nH]c(=O)oc2c1)c1ccccn1. The molecule has 2 aromatic heterocycles. The first-order chi connectivity index (χ1) is 9.22. The highest BCUT2D eigenvalue weighted by molar-refractivity contribution is 6.03. The zero-order chi connectivity index (χ0) is 13.2. The van der Waals surface area contributed by atoms with E-state index in [1.54, 1.807) is 42.6 Å². The molecular formula is C13H9N3O3. The number of nitrogens with one attached hydrogen (secondary N) is 2. The van der Waals surface area contributed by atoms with Gasteiger partial charge in [0.1, 0.15) is 5.69 Å². The fourth-order valence-electron chi connectivity index (χ4n) is 1.72. The standard InChI is InChI=1S/C13H9N3O3/c17-12(10-3-1-2-6-14-10)15-8-4-5-9-11(7-8)19-13(18)16-9/h1-7H,(H,15,17)(H,16,18). The lowest BCUT2D eigenvalue weighted by molar-refractivity contribution is 0.102. The van der Waals surface area contributed by atoms with Crippen molar-refractivity contribution in [1.82, 2.24) is 9.97 Å². The minimum absolute atomic E-state index is 0.318. The molecule has 0 atom stereocenters. The van der Waals surface area contributed by atoms with Gasteiger partial charge in [0.2, 0.25) is 0 Å². The van der Waals surface area contributed by atoms with Crippen LogP contribution in [0.15, 0.2) is 51.8 Å². The van der Waals surface area contributed by atoms with E-state index in [0.29, 0.717) is 22.5 Å². The Hall–Kier alpha value is -2.89. The summed E-state index contributed by atoms with van der Waals surface area (Å²) in [7, 11) is 0. The number of anilines is 1. The molecule has 1 aromatic carbocycles. The lowest BCUT2D eigenvalue weighted by Gasteiger charge is -2.03. The number of rotatable bonds is 2. The van der Waals surface area contributed by atoms with Crippen LogP contribution >= 0.6 is 0 Å². The number of nitrogens with zero attached hydrogens (tertiary/aromatic N) is 1. The van der Waals surface area contributed by atoms with Gasteiger partial charge in [-0.15, -0.1) is 0 Å². The van der Waals surface area contributed by atoms with E-state index in [0.717, 1.165) is 0 Å². The molecule has 6 nitrogen and oxygen atoms in total. The summed E-state index contributed by atoms with van der Waals surface area (Å²) in [6.45, 7) is 0. The fourth-order valence-corrected chi connectivity index (χ4v) is 1.72. The van der Waals surface area contributed by atoms with E-state index >= 15 is 0 Å². The van der Waals surface area contributed by atoms with Crippen LogP contribution in [0.5, 0.6) is 0 Å². The molecule has 0 aliphatic carbocycles. The monoisotopic (exact) mass is 255 g/mol. The van der Waals surface area contributed by atoms with E-state index in [9.17, 15) is 9.59 Å². The Balaban J connectivity index is 1.89. The van der Waals surface area contributed by atoms with Gasteiger partial charge in [0.15, 0.2) is 5.58 Å². The quantitative estimate of drug-likeness (QED) is 0.730. The molecule has 0 unspecified atom stereocenters. The van der Waals surface area contributed by atoms with Gasteiger partial charge in [-0.05, 0) is 24.3 Å². The van der Waals surface area contributed by atoms with Gasteiger partial charge >= 0.3 is 5.76 Å². The van der Waals surface area contributed by atoms with Crippen molar-refractivity contribution in [3.05, 3.63) is 58.8 Å². The molecule has 94 valence electrons. The predicted octanol–water partition coefficient (Wildman–Crippen LogP) is 1.77. The molecule has 0 aliphatic heterocycles. The lowest BCUT2D eigenvalue weighted by Crippen LogP contribution is -2.13. The summed E-state index contributed by atoms with van der Waals surface area (Å²) in [4.78, 5) is 29.4. The highest BCUT2D eigenvalue weighted by atomic mass is 16.4. The van der Waals surface area contributed by atoms with Gasteiger partial charge in [0.05, 0.1) is 5.52 Å². The number of oxazole rings is 1. The van der Waals surface area contributed by atoms with E-state index in [2.05, 4.69) is 15.3 Å². The second-order valence-electron chi connectivity index (χ2n) is 3.89. The Morgan fingerprint density at radius 1 is 1.26 bits per heavy atom. The summed E-state index contributed by atoms with van der Waals surface area (Å²) < 4.78 is 4.92. The van der Waals surface area contributed by atoms with Gasteiger partial charge in [-0.2, -0.15) is 0 Å². The molecule has 2 N–H and O–H groups in total. The number of pyridine rings is 1. The number of aromatic nitrogens is 2. The number of hydrogen-bond acceptors (Lipinski definition) is 4. The van der Waals surface area contributed by atoms with Crippen molar-refractivity contribution in [2.75, 3.05) is 5.32 Å². The molecule has 6 heteroatoms. The van der Waals surface area contributed by atoms with Gasteiger partial charge in [-0.1, -0.05) is 6.07 Å². The maximum atomic E-state index is 11.9. The van der Waals surface area contributed by atoms with Crippen molar-refractivity contribution < 1.29 is 9.21 Å². The van der Waals surface area contributed by atoms with Crippen LogP contribution in [0.2, 0.25) is 0 Å². The number of fused-ring (bicyclic) bond motifs is 1. The van der Waals surface area contributed by atoms with Crippen molar-refractivity contribution in [2.24, 2.45) is 0 Å². The van der Waals surface area contributed by atoms with Crippen LogP contribution in [0.1, 0.15) is 10.5 Å². The number of benzene rings is 1. The van der Waals surface area contributed by atoms with Gasteiger partial charge in [0, 0.05) is 18.0 Å². The molecule has 0 spiro atoms. The summed E-state index contributed by atoms with van der Waals surface area (Å²) >= 11 is 0. The normalized spacial score (nSPS) is 10.5. The van der Waals surface area contributed by atoms with Crippen LogP contribution < -0.4 is 11.1 Å². The minimum Gasteiger partial charge on any atom is -0.408 e. The smallest absolute Gasteiger partial charge is 0.408 e. The molecular weight excluding hydrogens is 246 g/mol. The van der Waals surface area contributed by atoms with Crippen molar-refractivity contribution in [1.29, 1.82) is 0 Å². The molecule has 3 rings (SSSR count). The van der Waals surface area contributed by atoms with Crippen molar-refractivity contribution >= 4 is 22.7 Å². The highest BCUT2D eigenvalue weighted by Crippen LogP contribution is 2.16. The van der Waals surface area contributed by atoms with Crippen LogP contribution in [0.25, 0.3) is 11.1 Å². The highest BCUT2D eigenvalue weighted by Gasteiger charge is 2.08. The summed E-state index contributed by atoms with van der Waals surface area (Å²) in [5.41, 5.74) is 1.83. The minimum atomic E-state index is -0.525. The van der Waals surface area contributed by atoms with E-state index in [1.165, 1.54) is 0 Å². The van der Waals surface area contributed by atoms with Gasteiger partial charge in [0.25, 0.3) is 5.91 Å². The molecule has 0 bridgehead atoms. The van der Waals surface area contributed by atoms with Crippen LogP contribution in [-0.4, -0.2) is 15.9 Å². The third-order valence-electron chi connectivity index (χ3n) is 2.58. The van der Waals surface area contributed by atoms with Crippen LogP contribution in [0.4, 0.5) is 5.69 Å². The predicted molar refractivity (Wildman–Crippen MR) is 69.0 cm³/mol. The first-order valence-corrected chi connectivity index (χ1v) is 5.58. The van der Waals surface area contributed by atoms with E-state index < -0.39 is 5.76 Å². The number of amides is 1. The summed E-state index contributed by atoms with van der Waals surface area (Å²) in [6.07, 6.45) is 1.54. The number of carbonyl (C=O) groups excluding carboxylic acids is 1. The van der Waals surface area contributed by atoms with Gasteiger partial charge in [-0.3, -0.25) is 14.8 Å². The fraction of sp³-hybridized carbons (Fsp3) is 0. The zero-order valence-electron chi connectivity index (χ0n) is 9.71. The van der Waals surface area contributed by atoms with Crippen molar-refractivity contribution in [3.8, 4) is 0 Å². The number of aromatic amines is 1. The molecule has 0 radical (unpaired) electrons. The Kier molecular flexibility index (Phi) is 2.60. The first-order valence-electron chi connectivity index (χ1n) is 5.58. The van der Waals surface area contributed by atoms with E-state index in [1.807, 2.05) is 0 Å². The summed E-state index contributed by atoms with van der Waals surface area (Å²) in [5.74, 6) is -0.846. The Morgan fingerprint density at radius 2 is 2.16 bits per heavy atom. The number of H-pyrrole nitrogens is 1. The van der Waals surface area contributed by atoms with Crippen LogP contribution in [-0.2, 0) is 0 Å². The molecule has 19 heavy (non-hydrogen) atoms. The maximum absolute atomic E-state index is 11.9. The Labute approximate surface area is 107 Å². The average molecular weight is 255 g/mol. The average Bonchev–Trinajstić information content (AvgIpc) is 2.79. The number of carbonyl (C=O) groups is 1. The third-order valence-corrected chi connectivity index (χ3v) is 2.58. The maximum Gasteiger partial charge on any atom is 0.417 e. The summed E-state index contributed by atoms with van der Waals surface area (Å²) in [6, 6.07) is 9.99. The Morgan fingerprint density at radius 3 is 2.95 bits per heavy atom. The van der Waals surface area contributed by atoms with Crippen molar-refractivity contribution in [3.63, 3.8) is 0 Å². The van der Waals surface area contributed by atoms with Crippen LogP contribution in [0.3, 0.4) is 0 Å². The summed E-state index contributed by atoms with van der Waals surface area (Å²) in [5, 5.41) is 2.68. The van der Waals surface area contributed by atoms with E-state index in [4.69, 9.17) is 4.42 Å². The molecule has 0 fully saturated rings. The topological polar surface area (TPSA) is 88.0 Å². The number of hydrogen-bond donors (Lipinski definition) is 2. The van der Waals surface area contributed by atoms with Gasteiger partial charge in [-0.25, -0.2) is 4.79 Å². The van der Waals surface area contributed by atoms with E-state index in [-0.39, 0.29) is 5.91 Å². The first kappa shape index (κ1) is 11.2. The lowest BCUT2D eigenvalue weighted by atomic mass is 10.2. The largest absolute Gasteiger partial charge is 0.417 e. The van der Waals surface area contributed by atoms with Crippen molar-refractivity contribution in [2.45, 2.75) is 0 Å². The molecule has 1 amide bonds.